The first-order chi connectivity index (χ1) is 13.3. The maximum atomic E-state index is 12.4. The van der Waals surface area contributed by atoms with Crippen LogP contribution in [0.4, 0.5) is 5.69 Å². The van der Waals surface area contributed by atoms with Gasteiger partial charge in [-0.15, -0.1) is 0 Å². The predicted molar refractivity (Wildman–Crippen MR) is 103 cm³/mol. The Balaban J connectivity index is 1.51. The van der Waals surface area contributed by atoms with Gasteiger partial charge in [0.2, 0.25) is 5.91 Å². The summed E-state index contributed by atoms with van der Waals surface area (Å²) < 4.78 is 5.41. The highest BCUT2D eigenvalue weighted by atomic mass is 16.5. The molecule has 0 bridgehead atoms. The number of H-pyrrole nitrogens is 1. The van der Waals surface area contributed by atoms with Gasteiger partial charge < -0.3 is 15.4 Å². The number of para-hydroxylation sites is 1. The van der Waals surface area contributed by atoms with E-state index >= 15 is 0 Å². The summed E-state index contributed by atoms with van der Waals surface area (Å²) in [4.78, 5) is 17.0. The number of nitrogens with one attached hydrogen (secondary N) is 3. The molecule has 3 aromatic rings. The molecule has 1 aromatic heterocycles. The van der Waals surface area contributed by atoms with Crippen LogP contribution in [-0.2, 0) is 9.53 Å². The van der Waals surface area contributed by atoms with Gasteiger partial charge in [-0.25, -0.2) is 4.98 Å². The highest BCUT2D eigenvalue weighted by molar-refractivity contribution is 5.95. The molecule has 1 aliphatic rings. The monoisotopic (exact) mass is 363 g/mol. The molecule has 0 aliphatic carbocycles. The van der Waals surface area contributed by atoms with Crippen molar-refractivity contribution in [1.29, 1.82) is 0 Å². The van der Waals surface area contributed by atoms with Gasteiger partial charge in [-0.05, 0) is 12.1 Å². The number of hydrogen-bond donors (Lipinski definition) is 3. The summed E-state index contributed by atoms with van der Waals surface area (Å²) in [6.45, 7) is 2.02. The average molecular weight is 363 g/mol. The molecule has 1 amide bonds. The molecule has 1 unspecified atom stereocenters. The number of morpholine rings is 1. The number of aromatic amines is 1. The van der Waals surface area contributed by atoms with Gasteiger partial charge in [0, 0.05) is 30.1 Å². The minimum Gasteiger partial charge on any atom is -0.378 e. The number of amides is 1. The Morgan fingerprint density at radius 1 is 1.15 bits per heavy atom. The van der Waals surface area contributed by atoms with Gasteiger partial charge in [0.05, 0.1) is 18.9 Å². The first kappa shape index (κ1) is 17.4. The van der Waals surface area contributed by atoms with Crippen LogP contribution >= 0.6 is 0 Å². The van der Waals surface area contributed by atoms with Crippen molar-refractivity contribution in [3.8, 4) is 22.8 Å². The minimum atomic E-state index is -0.0618. The van der Waals surface area contributed by atoms with Crippen molar-refractivity contribution < 1.29 is 9.53 Å². The molecular weight excluding hydrogens is 342 g/mol. The Hall–Kier alpha value is -3.03. The number of hydrogen-bond acceptors (Lipinski definition) is 5. The van der Waals surface area contributed by atoms with Crippen molar-refractivity contribution in [2.75, 3.05) is 25.1 Å². The van der Waals surface area contributed by atoms with Crippen LogP contribution < -0.4 is 10.6 Å². The maximum Gasteiger partial charge on any atom is 0.226 e. The Bertz CT molecular complexity index is 904. The largest absolute Gasteiger partial charge is 0.378 e. The second-order valence-electron chi connectivity index (χ2n) is 6.40. The Morgan fingerprint density at radius 3 is 2.78 bits per heavy atom. The summed E-state index contributed by atoms with van der Waals surface area (Å²) in [5, 5.41) is 13.5. The van der Waals surface area contributed by atoms with Gasteiger partial charge in [0.15, 0.2) is 11.6 Å². The van der Waals surface area contributed by atoms with E-state index in [1.165, 1.54) is 0 Å². The van der Waals surface area contributed by atoms with Crippen molar-refractivity contribution >= 4 is 11.6 Å². The Kier molecular flexibility index (Phi) is 5.22. The minimum absolute atomic E-state index is 0.0425. The molecule has 1 fully saturated rings. The molecule has 0 spiro atoms. The van der Waals surface area contributed by atoms with E-state index in [0.717, 1.165) is 17.7 Å². The summed E-state index contributed by atoms with van der Waals surface area (Å²) in [7, 11) is 0. The molecule has 3 N–H and O–H groups in total. The fourth-order valence-corrected chi connectivity index (χ4v) is 3.07. The number of carbonyl (C=O) groups is 1. The fraction of sp³-hybridized carbons (Fsp3) is 0.250. The lowest BCUT2D eigenvalue weighted by atomic mass is 10.1. The van der Waals surface area contributed by atoms with Gasteiger partial charge in [-0.2, -0.15) is 5.10 Å². The van der Waals surface area contributed by atoms with Gasteiger partial charge in [0.1, 0.15) is 0 Å². The maximum absolute atomic E-state index is 12.4. The standard InChI is InChI=1S/C20H21N5O2/c26-18(12-15-13-27-11-10-21-15)22-17-9-5-4-8-16(17)20-23-19(24-25-20)14-6-2-1-3-7-14/h1-9,15,21H,10-13H2,(H,22,26)(H,23,24,25). The van der Waals surface area contributed by atoms with E-state index in [-0.39, 0.29) is 11.9 Å². The first-order valence-corrected chi connectivity index (χ1v) is 8.98. The summed E-state index contributed by atoms with van der Waals surface area (Å²) in [5.41, 5.74) is 2.44. The third-order valence-electron chi connectivity index (χ3n) is 4.40. The SMILES string of the molecule is O=C(CC1COCCN1)Nc1ccccc1-c1nc(-c2ccccc2)n[nH]1. The van der Waals surface area contributed by atoms with Gasteiger partial charge in [-0.1, -0.05) is 42.5 Å². The van der Waals surface area contributed by atoms with Crippen LogP contribution in [0, 0.1) is 0 Å². The third kappa shape index (κ3) is 4.21. The second kappa shape index (κ2) is 8.11. The molecule has 7 nitrogen and oxygen atoms in total. The number of rotatable bonds is 5. The van der Waals surface area contributed by atoms with Crippen LogP contribution in [0.5, 0.6) is 0 Å². The molecule has 2 aromatic carbocycles. The summed E-state index contributed by atoms with van der Waals surface area (Å²) >= 11 is 0. The Morgan fingerprint density at radius 2 is 1.96 bits per heavy atom. The first-order valence-electron chi connectivity index (χ1n) is 8.98. The van der Waals surface area contributed by atoms with E-state index in [9.17, 15) is 4.79 Å². The lowest BCUT2D eigenvalue weighted by molar-refractivity contribution is -0.117. The zero-order chi connectivity index (χ0) is 18.5. The van der Waals surface area contributed by atoms with E-state index in [1.807, 2.05) is 54.6 Å². The van der Waals surface area contributed by atoms with E-state index in [1.54, 1.807) is 0 Å². The zero-order valence-electron chi connectivity index (χ0n) is 14.8. The molecule has 138 valence electrons. The smallest absolute Gasteiger partial charge is 0.226 e. The van der Waals surface area contributed by atoms with Crippen LogP contribution in [0.2, 0.25) is 0 Å². The number of ether oxygens (including phenoxy) is 1. The molecule has 2 heterocycles. The number of carbonyl (C=O) groups excluding carboxylic acids is 1. The van der Waals surface area contributed by atoms with Crippen LogP contribution in [0.1, 0.15) is 6.42 Å². The molecule has 0 saturated carbocycles. The van der Waals surface area contributed by atoms with Crippen molar-refractivity contribution in [3.63, 3.8) is 0 Å². The van der Waals surface area contributed by atoms with Crippen LogP contribution in [0.15, 0.2) is 54.6 Å². The van der Waals surface area contributed by atoms with Gasteiger partial charge >= 0.3 is 0 Å². The number of benzene rings is 2. The van der Waals surface area contributed by atoms with Gasteiger partial charge in [0.25, 0.3) is 0 Å². The Labute approximate surface area is 157 Å². The molecule has 1 saturated heterocycles. The summed E-state index contributed by atoms with van der Waals surface area (Å²) in [6, 6.07) is 17.4. The van der Waals surface area contributed by atoms with E-state index in [0.29, 0.717) is 37.0 Å². The summed E-state index contributed by atoms with van der Waals surface area (Å²) in [6.07, 6.45) is 0.361. The van der Waals surface area contributed by atoms with Crippen molar-refractivity contribution in [1.82, 2.24) is 20.5 Å². The number of nitrogens with zero attached hydrogens (tertiary/aromatic N) is 2. The highest BCUT2D eigenvalue weighted by Crippen LogP contribution is 2.27. The van der Waals surface area contributed by atoms with E-state index < -0.39 is 0 Å². The van der Waals surface area contributed by atoms with Crippen molar-refractivity contribution in [2.45, 2.75) is 12.5 Å². The lowest BCUT2D eigenvalue weighted by Gasteiger charge is -2.23. The zero-order valence-corrected chi connectivity index (χ0v) is 14.8. The highest BCUT2D eigenvalue weighted by Gasteiger charge is 2.18. The normalized spacial score (nSPS) is 16.8. The van der Waals surface area contributed by atoms with Crippen molar-refractivity contribution in [2.24, 2.45) is 0 Å². The molecule has 1 atom stereocenters. The predicted octanol–water partition coefficient (Wildman–Crippen LogP) is 2.46. The average Bonchev–Trinajstić information content (AvgIpc) is 3.20. The van der Waals surface area contributed by atoms with Crippen LogP contribution in [-0.4, -0.2) is 46.9 Å². The quantitative estimate of drug-likeness (QED) is 0.648. The molecule has 0 radical (unpaired) electrons. The van der Waals surface area contributed by atoms with Crippen LogP contribution in [0.25, 0.3) is 22.8 Å². The molecule has 1 aliphatic heterocycles. The molecule has 7 heteroatoms. The third-order valence-corrected chi connectivity index (χ3v) is 4.40. The van der Waals surface area contributed by atoms with Crippen LogP contribution in [0.3, 0.4) is 0 Å². The fourth-order valence-electron chi connectivity index (χ4n) is 3.07. The number of aromatic nitrogens is 3. The number of anilines is 1. The van der Waals surface area contributed by atoms with Crippen molar-refractivity contribution in [3.05, 3.63) is 54.6 Å². The molecule has 4 rings (SSSR count). The summed E-state index contributed by atoms with van der Waals surface area (Å²) in [5.74, 6) is 1.17. The van der Waals surface area contributed by atoms with Gasteiger partial charge in [-0.3, -0.25) is 9.89 Å². The molecular formula is C20H21N5O2. The second-order valence-corrected chi connectivity index (χ2v) is 6.40. The lowest BCUT2D eigenvalue weighted by Crippen LogP contribution is -2.43. The molecule has 27 heavy (non-hydrogen) atoms. The van der Waals surface area contributed by atoms with E-state index in [4.69, 9.17) is 4.74 Å². The van der Waals surface area contributed by atoms with E-state index in [2.05, 4.69) is 25.8 Å². The topological polar surface area (TPSA) is 91.9 Å².